The highest BCUT2D eigenvalue weighted by Gasteiger charge is 2.18. The zero-order chi connectivity index (χ0) is 21.2. The summed E-state index contributed by atoms with van der Waals surface area (Å²) in [6, 6.07) is 0. The van der Waals surface area contributed by atoms with Crippen molar-refractivity contribution in [3.05, 3.63) is 11.9 Å². The summed E-state index contributed by atoms with van der Waals surface area (Å²) in [5, 5.41) is 8.43. The normalized spacial score (nSPS) is 16.4. The van der Waals surface area contributed by atoms with E-state index in [2.05, 4.69) is 35.3 Å². The van der Waals surface area contributed by atoms with Crippen molar-refractivity contribution in [3.63, 3.8) is 0 Å². The van der Waals surface area contributed by atoms with Crippen LogP contribution < -0.4 is 0 Å². The van der Waals surface area contributed by atoms with E-state index in [1.165, 1.54) is 32.1 Å². The van der Waals surface area contributed by atoms with Crippen LogP contribution in [0.3, 0.4) is 0 Å². The third kappa shape index (κ3) is 11.5. The molecule has 28 heavy (non-hydrogen) atoms. The molecule has 5 heteroatoms. The number of carbonyl (C=O) groups excluding carboxylic acids is 1. The van der Waals surface area contributed by atoms with Crippen molar-refractivity contribution in [2.75, 3.05) is 13.1 Å². The van der Waals surface area contributed by atoms with Gasteiger partial charge in [0.15, 0.2) is 0 Å². The van der Waals surface area contributed by atoms with Crippen molar-refractivity contribution in [2.24, 2.45) is 5.92 Å². The maximum atomic E-state index is 12.3. The Balaban J connectivity index is 0.00000171. The van der Waals surface area contributed by atoms with E-state index < -0.39 is 0 Å². The van der Waals surface area contributed by atoms with E-state index in [-0.39, 0.29) is 0 Å². The molecule has 0 N–H and O–H groups in total. The third-order valence-corrected chi connectivity index (χ3v) is 4.91. The SMILES string of the molecule is CC.CC.CCCCCc1cn(CCCCC(=O)N2CCCC[C@H](C)C2)nn1. The zero-order valence-corrected chi connectivity index (χ0v) is 19.5. The number of hydrogen-bond acceptors (Lipinski definition) is 3. The number of unbranched alkanes of at least 4 members (excludes halogenated alkanes) is 3. The number of rotatable bonds is 9. The summed E-state index contributed by atoms with van der Waals surface area (Å²) in [7, 11) is 0. The van der Waals surface area contributed by atoms with Gasteiger partial charge in [-0.1, -0.05) is 66.0 Å². The number of carbonyl (C=O) groups is 1. The first kappa shape index (κ1) is 26.6. The molecule has 1 aromatic rings. The van der Waals surface area contributed by atoms with Crippen LogP contribution in [-0.2, 0) is 17.8 Å². The first-order chi connectivity index (χ1) is 13.7. The number of hydrogen-bond donors (Lipinski definition) is 0. The van der Waals surface area contributed by atoms with Crippen LogP contribution in [0.5, 0.6) is 0 Å². The Bertz CT molecular complexity index is 487. The molecule has 1 aromatic heterocycles. The lowest BCUT2D eigenvalue weighted by Gasteiger charge is -2.22. The highest BCUT2D eigenvalue weighted by Crippen LogP contribution is 2.17. The smallest absolute Gasteiger partial charge is 0.222 e. The van der Waals surface area contributed by atoms with Gasteiger partial charge in [0.25, 0.3) is 0 Å². The van der Waals surface area contributed by atoms with Gasteiger partial charge in [0.1, 0.15) is 0 Å². The van der Waals surface area contributed by atoms with E-state index in [9.17, 15) is 4.79 Å². The van der Waals surface area contributed by atoms with E-state index in [0.717, 1.165) is 51.0 Å². The van der Waals surface area contributed by atoms with Crippen LogP contribution >= 0.6 is 0 Å². The standard InChI is InChI=1S/C19H34N4O.2C2H6/c1-3-4-5-11-18-16-23(21-20-18)14-9-7-12-19(24)22-13-8-6-10-17(2)15-22;2*1-2/h16-17H,3-15H2,1-2H3;2*1-2H3/t17-;;/m0../s1. The van der Waals surface area contributed by atoms with E-state index >= 15 is 0 Å². The molecule has 1 amide bonds. The molecule has 1 saturated heterocycles. The van der Waals surface area contributed by atoms with Crippen LogP contribution in [0.1, 0.15) is 105 Å². The van der Waals surface area contributed by atoms with Crippen molar-refractivity contribution in [1.29, 1.82) is 0 Å². The molecule has 5 nitrogen and oxygen atoms in total. The summed E-state index contributed by atoms with van der Waals surface area (Å²) in [5.74, 6) is 0.986. The predicted octanol–water partition coefficient (Wildman–Crippen LogP) is 5.88. The van der Waals surface area contributed by atoms with Gasteiger partial charge >= 0.3 is 0 Å². The molecule has 0 bridgehead atoms. The molecule has 0 unspecified atom stereocenters. The van der Waals surface area contributed by atoms with Gasteiger partial charge < -0.3 is 4.90 Å². The molecule has 164 valence electrons. The van der Waals surface area contributed by atoms with E-state index in [0.29, 0.717) is 18.2 Å². The molecular formula is C23H46N4O. The van der Waals surface area contributed by atoms with Gasteiger partial charge in [-0.25, -0.2) is 0 Å². The van der Waals surface area contributed by atoms with Crippen LogP contribution in [0.15, 0.2) is 6.20 Å². The molecule has 0 saturated carbocycles. The zero-order valence-electron chi connectivity index (χ0n) is 19.5. The summed E-state index contributed by atoms with van der Waals surface area (Å²) in [4.78, 5) is 14.4. The molecule has 0 aromatic carbocycles. The number of aromatic nitrogens is 3. The molecule has 1 atom stereocenters. The summed E-state index contributed by atoms with van der Waals surface area (Å²) < 4.78 is 1.93. The lowest BCUT2D eigenvalue weighted by molar-refractivity contribution is -0.131. The Morgan fingerprint density at radius 1 is 1.11 bits per heavy atom. The van der Waals surface area contributed by atoms with Gasteiger partial charge in [-0.2, -0.15) is 0 Å². The molecule has 1 aliphatic heterocycles. The second kappa shape index (κ2) is 17.7. The second-order valence-corrected chi connectivity index (χ2v) is 7.33. The van der Waals surface area contributed by atoms with Crippen LogP contribution in [0.25, 0.3) is 0 Å². The Labute approximate surface area is 174 Å². The maximum absolute atomic E-state index is 12.3. The van der Waals surface area contributed by atoms with Crippen molar-refractivity contribution >= 4 is 5.91 Å². The van der Waals surface area contributed by atoms with Crippen LogP contribution in [0.4, 0.5) is 0 Å². The predicted molar refractivity (Wildman–Crippen MR) is 119 cm³/mol. The molecule has 0 radical (unpaired) electrons. The number of aryl methyl sites for hydroxylation is 2. The quantitative estimate of drug-likeness (QED) is 0.491. The Kier molecular flexibility index (Phi) is 16.8. The minimum absolute atomic E-state index is 0.336. The monoisotopic (exact) mass is 394 g/mol. The van der Waals surface area contributed by atoms with E-state index in [4.69, 9.17) is 0 Å². The van der Waals surface area contributed by atoms with Crippen molar-refractivity contribution in [1.82, 2.24) is 19.9 Å². The average Bonchev–Trinajstić information content (AvgIpc) is 3.06. The first-order valence-corrected chi connectivity index (χ1v) is 11.9. The summed E-state index contributed by atoms with van der Waals surface area (Å²) in [6.45, 7) is 15.2. The van der Waals surface area contributed by atoms with Crippen molar-refractivity contribution in [3.8, 4) is 0 Å². The number of likely N-dealkylation sites (tertiary alicyclic amines) is 1. The number of amides is 1. The molecule has 0 aliphatic carbocycles. The molecular weight excluding hydrogens is 348 g/mol. The van der Waals surface area contributed by atoms with Crippen LogP contribution in [-0.4, -0.2) is 38.9 Å². The minimum Gasteiger partial charge on any atom is -0.342 e. The lowest BCUT2D eigenvalue weighted by Crippen LogP contribution is -2.33. The third-order valence-electron chi connectivity index (χ3n) is 4.91. The molecule has 0 spiro atoms. The van der Waals surface area contributed by atoms with Gasteiger partial charge in [-0.15, -0.1) is 5.10 Å². The Morgan fingerprint density at radius 3 is 2.57 bits per heavy atom. The Morgan fingerprint density at radius 2 is 1.86 bits per heavy atom. The fraction of sp³-hybridized carbons (Fsp3) is 0.870. The molecule has 1 fully saturated rings. The first-order valence-electron chi connectivity index (χ1n) is 11.9. The number of nitrogens with zero attached hydrogens (tertiary/aromatic N) is 4. The molecule has 1 aliphatic rings. The fourth-order valence-corrected chi connectivity index (χ4v) is 3.41. The Hall–Kier alpha value is -1.39. The topological polar surface area (TPSA) is 51.0 Å². The van der Waals surface area contributed by atoms with Gasteiger partial charge in [0.05, 0.1) is 5.69 Å². The summed E-state index contributed by atoms with van der Waals surface area (Å²) in [6.07, 6.45) is 13.1. The highest BCUT2D eigenvalue weighted by molar-refractivity contribution is 5.76. The largest absolute Gasteiger partial charge is 0.342 e. The summed E-state index contributed by atoms with van der Waals surface area (Å²) in [5.41, 5.74) is 1.10. The van der Waals surface area contributed by atoms with Gasteiger partial charge in [-0.05, 0) is 44.4 Å². The minimum atomic E-state index is 0.336. The average molecular weight is 395 g/mol. The van der Waals surface area contributed by atoms with Crippen LogP contribution in [0.2, 0.25) is 0 Å². The maximum Gasteiger partial charge on any atom is 0.222 e. The van der Waals surface area contributed by atoms with E-state index in [1.807, 2.05) is 32.4 Å². The molecule has 2 rings (SSSR count). The molecule has 2 heterocycles. The van der Waals surface area contributed by atoms with Crippen molar-refractivity contribution in [2.45, 2.75) is 112 Å². The highest BCUT2D eigenvalue weighted by atomic mass is 16.2. The van der Waals surface area contributed by atoms with E-state index in [1.54, 1.807) is 0 Å². The van der Waals surface area contributed by atoms with Crippen molar-refractivity contribution < 1.29 is 4.79 Å². The summed E-state index contributed by atoms with van der Waals surface area (Å²) >= 11 is 0. The van der Waals surface area contributed by atoms with Gasteiger partial charge in [0, 0.05) is 32.3 Å². The van der Waals surface area contributed by atoms with Gasteiger partial charge in [-0.3, -0.25) is 9.48 Å². The second-order valence-electron chi connectivity index (χ2n) is 7.33. The fourth-order valence-electron chi connectivity index (χ4n) is 3.41. The van der Waals surface area contributed by atoms with Crippen LogP contribution in [0, 0.1) is 5.92 Å². The lowest BCUT2D eigenvalue weighted by atomic mass is 10.1. The van der Waals surface area contributed by atoms with Gasteiger partial charge in [0.2, 0.25) is 5.91 Å².